The molecular formula is C7H3FN2O3. The van der Waals surface area contributed by atoms with Gasteiger partial charge in [0.2, 0.25) is 6.08 Å². The minimum Gasteiger partial charge on any atom is -0.258 e. The Morgan fingerprint density at radius 3 is 2.77 bits per heavy atom. The molecule has 0 bridgehead atoms. The van der Waals surface area contributed by atoms with E-state index in [1.54, 1.807) is 0 Å². The highest BCUT2D eigenvalue weighted by molar-refractivity contribution is 5.61. The van der Waals surface area contributed by atoms with Crippen molar-refractivity contribution in [2.75, 3.05) is 0 Å². The molecule has 6 heteroatoms. The van der Waals surface area contributed by atoms with Gasteiger partial charge in [-0.2, -0.15) is 4.99 Å². The van der Waals surface area contributed by atoms with Gasteiger partial charge in [0.05, 0.1) is 4.92 Å². The number of isocyanates is 1. The molecule has 0 radical (unpaired) electrons. The predicted molar refractivity (Wildman–Crippen MR) is 40.8 cm³/mol. The van der Waals surface area contributed by atoms with Gasteiger partial charge < -0.3 is 0 Å². The van der Waals surface area contributed by atoms with Crippen LogP contribution in [-0.2, 0) is 4.79 Å². The molecule has 0 aliphatic heterocycles. The van der Waals surface area contributed by atoms with Crippen molar-refractivity contribution < 1.29 is 14.1 Å². The Bertz CT molecular complexity index is 399. The smallest absolute Gasteiger partial charge is 0.258 e. The quantitative estimate of drug-likeness (QED) is 0.302. The molecule has 0 aromatic heterocycles. The molecule has 5 nitrogen and oxygen atoms in total. The van der Waals surface area contributed by atoms with Crippen LogP contribution < -0.4 is 0 Å². The van der Waals surface area contributed by atoms with Gasteiger partial charge in [0, 0.05) is 12.1 Å². The van der Waals surface area contributed by atoms with Gasteiger partial charge in [0.15, 0.2) is 5.69 Å². The van der Waals surface area contributed by atoms with Crippen LogP contribution in [0.4, 0.5) is 15.8 Å². The maximum Gasteiger partial charge on any atom is 0.295 e. The van der Waals surface area contributed by atoms with Gasteiger partial charge in [0.1, 0.15) is 5.82 Å². The summed E-state index contributed by atoms with van der Waals surface area (Å²) in [5.74, 6) is -0.695. The molecule has 0 N–H and O–H groups in total. The molecule has 1 aromatic carbocycles. The summed E-state index contributed by atoms with van der Waals surface area (Å²) >= 11 is 0. The van der Waals surface area contributed by atoms with Crippen LogP contribution in [-0.4, -0.2) is 11.0 Å². The molecular weight excluding hydrogens is 179 g/mol. The van der Waals surface area contributed by atoms with Crippen LogP contribution in [0.1, 0.15) is 0 Å². The van der Waals surface area contributed by atoms with E-state index in [0.29, 0.717) is 0 Å². The summed E-state index contributed by atoms with van der Waals surface area (Å²) in [6.07, 6.45) is 1.11. The van der Waals surface area contributed by atoms with Gasteiger partial charge >= 0.3 is 0 Å². The maximum absolute atomic E-state index is 12.5. The molecule has 13 heavy (non-hydrogen) atoms. The number of halogens is 1. The number of carbonyl (C=O) groups excluding carboxylic acids is 1. The Kier molecular flexibility index (Phi) is 2.47. The summed E-state index contributed by atoms with van der Waals surface area (Å²) in [6, 6.07) is 2.65. The molecule has 0 spiro atoms. The first kappa shape index (κ1) is 9.02. The topological polar surface area (TPSA) is 72.6 Å². The summed E-state index contributed by atoms with van der Waals surface area (Å²) < 4.78 is 12.5. The van der Waals surface area contributed by atoms with Crippen molar-refractivity contribution in [3.63, 3.8) is 0 Å². The van der Waals surface area contributed by atoms with Gasteiger partial charge in [-0.15, -0.1) is 0 Å². The fourth-order valence-corrected chi connectivity index (χ4v) is 0.790. The minimum absolute atomic E-state index is 0.333. The molecule has 0 aliphatic rings. The summed E-state index contributed by atoms with van der Waals surface area (Å²) in [5.41, 5.74) is -0.759. The second-order valence-corrected chi connectivity index (χ2v) is 2.09. The van der Waals surface area contributed by atoms with Gasteiger partial charge in [-0.1, -0.05) is 0 Å². The van der Waals surface area contributed by atoms with Crippen LogP contribution in [0.25, 0.3) is 0 Å². The molecule has 0 unspecified atom stereocenters. The highest BCUT2D eigenvalue weighted by Crippen LogP contribution is 2.26. The van der Waals surface area contributed by atoms with Gasteiger partial charge in [-0.3, -0.25) is 10.1 Å². The highest BCUT2D eigenvalue weighted by atomic mass is 19.1. The lowest BCUT2D eigenvalue weighted by Gasteiger charge is -1.94. The van der Waals surface area contributed by atoms with E-state index in [1.807, 2.05) is 0 Å². The fourth-order valence-electron chi connectivity index (χ4n) is 0.790. The van der Waals surface area contributed by atoms with Crippen molar-refractivity contribution in [2.24, 2.45) is 4.99 Å². The zero-order valence-electron chi connectivity index (χ0n) is 6.23. The highest BCUT2D eigenvalue weighted by Gasteiger charge is 2.13. The molecule has 0 aliphatic carbocycles. The average Bonchev–Trinajstić information content (AvgIpc) is 2.04. The number of benzene rings is 1. The first-order chi connectivity index (χ1) is 6.15. The third kappa shape index (κ3) is 1.94. The fraction of sp³-hybridized carbons (Fsp3) is 0. The van der Waals surface area contributed by atoms with Crippen LogP contribution in [0.3, 0.4) is 0 Å². The molecule has 0 amide bonds. The average molecular weight is 182 g/mol. The lowest BCUT2D eigenvalue weighted by molar-refractivity contribution is -0.384. The summed E-state index contributed by atoms with van der Waals surface area (Å²) in [5, 5.41) is 10.3. The SMILES string of the molecule is O=C=Nc1cc(F)ccc1[N+](=O)[O-]. The van der Waals surface area contributed by atoms with Crippen LogP contribution in [0.5, 0.6) is 0 Å². The molecule has 0 saturated carbocycles. The Morgan fingerprint density at radius 2 is 2.23 bits per heavy atom. The summed E-state index contributed by atoms with van der Waals surface area (Å²) in [6.45, 7) is 0. The second-order valence-electron chi connectivity index (χ2n) is 2.09. The van der Waals surface area contributed by atoms with E-state index in [4.69, 9.17) is 0 Å². The Balaban J connectivity index is 3.34. The largest absolute Gasteiger partial charge is 0.295 e. The molecule has 0 fully saturated rings. The van der Waals surface area contributed by atoms with Crippen molar-refractivity contribution in [1.82, 2.24) is 0 Å². The van der Waals surface area contributed by atoms with E-state index in [-0.39, 0.29) is 5.69 Å². The van der Waals surface area contributed by atoms with Crippen molar-refractivity contribution in [3.8, 4) is 0 Å². The van der Waals surface area contributed by atoms with Gasteiger partial charge in [-0.25, -0.2) is 9.18 Å². The van der Waals surface area contributed by atoms with Gasteiger partial charge in [-0.05, 0) is 6.07 Å². The van der Waals surface area contributed by atoms with Gasteiger partial charge in [0.25, 0.3) is 5.69 Å². The zero-order valence-corrected chi connectivity index (χ0v) is 6.23. The van der Waals surface area contributed by atoms with Crippen LogP contribution >= 0.6 is 0 Å². The number of nitro benzene ring substituents is 1. The molecule has 0 heterocycles. The first-order valence-corrected chi connectivity index (χ1v) is 3.17. The number of nitrogens with zero attached hydrogens (tertiary/aromatic N) is 2. The molecule has 66 valence electrons. The molecule has 1 aromatic rings. The van der Waals surface area contributed by atoms with Crippen LogP contribution in [0.2, 0.25) is 0 Å². The van der Waals surface area contributed by atoms with E-state index < -0.39 is 16.4 Å². The summed E-state index contributed by atoms with van der Waals surface area (Å²) in [4.78, 5) is 22.4. The number of hydrogen-bond acceptors (Lipinski definition) is 4. The van der Waals surface area contributed by atoms with E-state index in [1.165, 1.54) is 0 Å². The van der Waals surface area contributed by atoms with E-state index in [0.717, 1.165) is 24.3 Å². The van der Waals surface area contributed by atoms with Crippen LogP contribution in [0.15, 0.2) is 23.2 Å². The monoisotopic (exact) mass is 182 g/mol. The van der Waals surface area contributed by atoms with E-state index in [2.05, 4.69) is 4.99 Å². The number of nitro groups is 1. The third-order valence-corrected chi connectivity index (χ3v) is 1.30. The van der Waals surface area contributed by atoms with Crippen molar-refractivity contribution >= 4 is 17.5 Å². The van der Waals surface area contributed by atoms with Crippen molar-refractivity contribution in [2.45, 2.75) is 0 Å². The standard InChI is InChI=1S/C7H3FN2O3/c8-5-1-2-7(10(12)13)6(3-5)9-4-11/h1-3H. The number of aliphatic imine (C=N–C) groups is 1. The van der Waals surface area contributed by atoms with Crippen LogP contribution in [0, 0.1) is 15.9 Å². The maximum atomic E-state index is 12.5. The molecule has 0 saturated heterocycles. The van der Waals surface area contributed by atoms with E-state index >= 15 is 0 Å². The van der Waals surface area contributed by atoms with Crippen molar-refractivity contribution in [1.29, 1.82) is 0 Å². The predicted octanol–water partition coefficient (Wildman–Crippen LogP) is 1.70. The second kappa shape index (κ2) is 3.55. The Labute approximate surface area is 71.7 Å². The Morgan fingerprint density at radius 1 is 1.54 bits per heavy atom. The lowest BCUT2D eigenvalue weighted by Crippen LogP contribution is -1.88. The number of hydrogen-bond donors (Lipinski definition) is 0. The first-order valence-electron chi connectivity index (χ1n) is 3.17. The Hall–Kier alpha value is -2.07. The summed E-state index contributed by atoms with van der Waals surface area (Å²) in [7, 11) is 0. The van der Waals surface area contributed by atoms with E-state index in [9.17, 15) is 19.3 Å². The third-order valence-electron chi connectivity index (χ3n) is 1.30. The van der Waals surface area contributed by atoms with Crippen molar-refractivity contribution in [3.05, 3.63) is 34.1 Å². The zero-order chi connectivity index (χ0) is 9.84. The molecule has 1 rings (SSSR count). The normalized spacial score (nSPS) is 9.00. The minimum atomic E-state index is -0.754. The number of rotatable bonds is 2. The molecule has 0 atom stereocenters. The lowest BCUT2D eigenvalue weighted by atomic mass is 10.2.